The zero-order chi connectivity index (χ0) is 23.0. The van der Waals surface area contributed by atoms with Gasteiger partial charge < -0.3 is 19.3 Å². The third-order valence-electron chi connectivity index (χ3n) is 5.45. The molecule has 1 N–H and O–H groups in total. The second-order valence-corrected chi connectivity index (χ2v) is 10.3. The van der Waals surface area contributed by atoms with Gasteiger partial charge >= 0.3 is 0 Å². The van der Waals surface area contributed by atoms with Crippen LogP contribution in [0, 0.1) is 0 Å². The number of rotatable bonds is 12. The Hall–Kier alpha value is -2.29. The molecule has 0 saturated carbocycles. The molecule has 3 rings (SSSR count). The first-order valence-corrected chi connectivity index (χ1v) is 12.8. The Labute approximate surface area is 190 Å². The summed E-state index contributed by atoms with van der Waals surface area (Å²) in [6, 6.07) is 14.9. The summed E-state index contributed by atoms with van der Waals surface area (Å²) in [5.41, 5.74) is 1.04. The number of benzene rings is 2. The van der Waals surface area contributed by atoms with Gasteiger partial charge in [0.05, 0.1) is 25.2 Å². The smallest absolute Gasteiger partial charge is 0.151 e. The van der Waals surface area contributed by atoms with Crippen LogP contribution in [0.4, 0.5) is 0 Å². The van der Waals surface area contributed by atoms with Crippen LogP contribution in [0.2, 0.25) is 0 Å². The molecule has 0 aliphatic carbocycles. The number of nitrogens with zero attached hydrogens (tertiary/aromatic N) is 1. The van der Waals surface area contributed by atoms with Crippen LogP contribution in [0.25, 0.3) is 0 Å². The van der Waals surface area contributed by atoms with Crippen LogP contribution in [0.3, 0.4) is 0 Å². The maximum Gasteiger partial charge on any atom is 0.151 e. The Morgan fingerprint density at radius 3 is 2.25 bits per heavy atom. The molecule has 176 valence electrons. The van der Waals surface area contributed by atoms with Crippen molar-refractivity contribution in [3.63, 3.8) is 0 Å². The monoisotopic (exact) mass is 463 g/mol. The highest BCUT2D eigenvalue weighted by atomic mass is 32.2. The van der Waals surface area contributed by atoms with Gasteiger partial charge in [-0.2, -0.15) is 0 Å². The number of aliphatic hydroxyl groups is 1. The molecule has 1 heterocycles. The summed E-state index contributed by atoms with van der Waals surface area (Å²) < 4.78 is 40.6. The Kier molecular flexibility index (Phi) is 8.78. The van der Waals surface area contributed by atoms with Crippen molar-refractivity contribution < 1.29 is 27.7 Å². The number of ether oxygens (including phenoxy) is 3. The summed E-state index contributed by atoms with van der Waals surface area (Å²) in [5, 5.41) is 10.6. The lowest BCUT2D eigenvalue weighted by molar-refractivity contribution is 0.0524. The summed E-state index contributed by atoms with van der Waals surface area (Å²) in [6.07, 6.45) is 0.765. The van der Waals surface area contributed by atoms with Crippen molar-refractivity contribution in [2.75, 3.05) is 38.4 Å². The number of hydrogen-bond acceptors (Lipinski definition) is 7. The fourth-order valence-electron chi connectivity index (χ4n) is 3.74. The minimum atomic E-state index is -3.03. The molecular weight excluding hydrogens is 430 g/mol. The van der Waals surface area contributed by atoms with E-state index in [1.165, 1.54) is 0 Å². The number of sulfone groups is 1. The SMILES string of the molecule is CCCOc1ccc(CN(CC(O)COc2ccc(OC)cc2)C2CCS(=O)(=O)C2)cc1. The summed E-state index contributed by atoms with van der Waals surface area (Å²) in [6.45, 7) is 3.72. The standard InChI is InChI=1S/C24H33NO6S/c1-3-13-30-23-6-4-19(5-7-23)15-25(20-12-14-32(27,28)18-20)16-21(26)17-31-24-10-8-22(29-2)9-11-24/h4-11,20-21,26H,3,12-18H2,1-2H3. The van der Waals surface area contributed by atoms with E-state index < -0.39 is 15.9 Å². The molecule has 1 fully saturated rings. The molecule has 32 heavy (non-hydrogen) atoms. The van der Waals surface area contributed by atoms with Gasteiger partial charge in [0.1, 0.15) is 30.0 Å². The predicted molar refractivity (Wildman–Crippen MR) is 124 cm³/mol. The molecule has 2 aromatic rings. The largest absolute Gasteiger partial charge is 0.497 e. The fourth-order valence-corrected chi connectivity index (χ4v) is 5.50. The van der Waals surface area contributed by atoms with Gasteiger partial charge in [0.2, 0.25) is 0 Å². The van der Waals surface area contributed by atoms with Crippen molar-refractivity contribution in [2.45, 2.75) is 38.5 Å². The number of methoxy groups -OCH3 is 1. The fraction of sp³-hybridized carbons (Fsp3) is 0.500. The van der Waals surface area contributed by atoms with Crippen LogP contribution in [0.1, 0.15) is 25.3 Å². The number of aliphatic hydroxyl groups excluding tert-OH is 1. The van der Waals surface area contributed by atoms with Gasteiger partial charge in [-0.1, -0.05) is 19.1 Å². The third-order valence-corrected chi connectivity index (χ3v) is 7.20. The molecule has 7 nitrogen and oxygen atoms in total. The topological polar surface area (TPSA) is 85.3 Å². The van der Waals surface area contributed by atoms with Crippen molar-refractivity contribution >= 4 is 9.84 Å². The first-order chi connectivity index (χ1) is 15.4. The first kappa shape index (κ1) is 24.4. The predicted octanol–water partition coefficient (Wildman–Crippen LogP) is 2.91. The molecule has 2 aromatic carbocycles. The Bertz CT molecular complexity index is 930. The molecule has 0 amide bonds. The van der Waals surface area contributed by atoms with Gasteiger partial charge in [-0.05, 0) is 54.8 Å². The summed E-state index contributed by atoms with van der Waals surface area (Å²) in [7, 11) is -1.43. The average molecular weight is 464 g/mol. The van der Waals surface area contributed by atoms with E-state index in [9.17, 15) is 13.5 Å². The third kappa shape index (κ3) is 7.39. The molecule has 0 aromatic heterocycles. The van der Waals surface area contributed by atoms with Crippen molar-refractivity contribution in [1.82, 2.24) is 4.90 Å². The van der Waals surface area contributed by atoms with E-state index in [-0.39, 0.29) is 24.2 Å². The van der Waals surface area contributed by atoms with Gasteiger partial charge in [0.25, 0.3) is 0 Å². The Morgan fingerprint density at radius 1 is 1.03 bits per heavy atom. The van der Waals surface area contributed by atoms with E-state index in [4.69, 9.17) is 14.2 Å². The minimum absolute atomic E-state index is 0.117. The van der Waals surface area contributed by atoms with E-state index >= 15 is 0 Å². The first-order valence-electron chi connectivity index (χ1n) is 11.0. The van der Waals surface area contributed by atoms with Crippen LogP contribution in [0.5, 0.6) is 17.2 Å². The molecular formula is C24H33NO6S. The van der Waals surface area contributed by atoms with Crippen LogP contribution in [-0.4, -0.2) is 68.9 Å². The summed E-state index contributed by atoms with van der Waals surface area (Å²) in [5.74, 6) is 2.51. The molecule has 8 heteroatoms. The molecule has 1 aliphatic rings. The molecule has 2 atom stereocenters. The highest BCUT2D eigenvalue weighted by molar-refractivity contribution is 7.91. The van der Waals surface area contributed by atoms with Crippen molar-refractivity contribution in [1.29, 1.82) is 0 Å². The van der Waals surface area contributed by atoms with Crippen molar-refractivity contribution in [3.05, 3.63) is 54.1 Å². The average Bonchev–Trinajstić information content (AvgIpc) is 3.16. The van der Waals surface area contributed by atoms with Crippen LogP contribution >= 0.6 is 0 Å². The maximum atomic E-state index is 12.1. The van der Waals surface area contributed by atoms with Crippen LogP contribution in [-0.2, 0) is 16.4 Å². The maximum absolute atomic E-state index is 12.1. The van der Waals surface area contributed by atoms with E-state index in [2.05, 4.69) is 11.8 Å². The lowest BCUT2D eigenvalue weighted by Crippen LogP contribution is -2.42. The summed E-state index contributed by atoms with van der Waals surface area (Å²) in [4.78, 5) is 2.05. The van der Waals surface area contributed by atoms with E-state index in [0.29, 0.717) is 31.9 Å². The van der Waals surface area contributed by atoms with Crippen LogP contribution in [0.15, 0.2) is 48.5 Å². The van der Waals surface area contributed by atoms with E-state index in [1.807, 2.05) is 24.3 Å². The Balaban J connectivity index is 1.61. The van der Waals surface area contributed by atoms with Crippen molar-refractivity contribution in [3.8, 4) is 17.2 Å². The lowest BCUT2D eigenvalue weighted by Gasteiger charge is -2.30. The molecule has 1 aliphatic heterocycles. The van der Waals surface area contributed by atoms with E-state index in [1.54, 1.807) is 31.4 Å². The van der Waals surface area contributed by atoms with Gasteiger partial charge in [0, 0.05) is 19.1 Å². The highest BCUT2D eigenvalue weighted by Crippen LogP contribution is 2.22. The normalized spacial score (nSPS) is 18.4. The minimum Gasteiger partial charge on any atom is -0.497 e. The lowest BCUT2D eigenvalue weighted by atomic mass is 10.1. The van der Waals surface area contributed by atoms with E-state index in [0.717, 1.165) is 23.5 Å². The second-order valence-electron chi connectivity index (χ2n) is 8.12. The molecule has 0 radical (unpaired) electrons. The molecule has 0 spiro atoms. The van der Waals surface area contributed by atoms with Gasteiger partial charge in [0.15, 0.2) is 9.84 Å². The molecule has 1 saturated heterocycles. The highest BCUT2D eigenvalue weighted by Gasteiger charge is 2.33. The quantitative estimate of drug-likeness (QED) is 0.518. The zero-order valence-electron chi connectivity index (χ0n) is 18.8. The second kappa shape index (κ2) is 11.5. The number of hydrogen-bond donors (Lipinski definition) is 1. The Morgan fingerprint density at radius 2 is 1.66 bits per heavy atom. The zero-order valence-corrected chi connectivity index (χ0v) is 19.6. The van der Waals surface area contributed by atoms with Gasteiger partial charge in [-0.25, -0.2) is 8.42 Å². The van der Waals surface area contributed by atoms with Crippen LogP contribution < -0.4 is 14.2 Å². The summed E-state index contributed by atoms with van der Waals surface area (Å²) >= 11 is 0. The molecule has 0 bridgehead atoms. The molecule has 2 unspecified atom stereocenters. The van der Waals surface area contributed by atoms with Gasteiger partial charge in [-0.3, -0.25) is 4.90 Å². The van der Waals surface area contributed by atoms with Gasteiger partial charge in [-0.15, -0.1) is 0 Å². The van der Waals surface area contributed by atoms with Crippen molar-refractivity contribution in [2.24, 2.45) is 0 Å².